The smallest absolute Gasteiger partial charge is 0.287 e. The van der Waals surface area contributed by atoms with Crippen LogP contribution in [0.4, 0.5) is 4.39 Å². The predicted molar refractivity (Wildman–Crippen MR) is 109 cm³/mol. The largest absolute Gasteiger partial charge is 0.486 e. The third-order valence-electron chi connectivity index (χ3n) is 5.11. The Balaban J connectivity index is 1.22. The number of hydrogen-bond donors (Lipinski definition) is 1. The number of rotatable bonds is 7. The van der Waals surface area contributed by atoms with Gasteiger partial charge in [0.25, 0.3) is 5.91 Å². The number of nitrogens with zero attached hydrogens (tertiary/aromatic N) is 2. The van der Waals surface area contributed by atoms with Gasteiger partial charge in [-0.05, 0) is 61.4 Å². The highest BCUT2D eigenvalue weighted by Crippen LogP contribution is 2.17. The molecule has 156 valence electrons. The number of likely N-dealkylation sites (tertiary alicyclic amines) is 1. The topological polar surface area (TPSA) is 67.6 Å². The number of furan rings is 1. The minimum atomic E-state index is -0.318. The number of piperidine rings is 1. The zero-order valence-corrected chi connectivity index (χ0v) is 16.6. The molecule has 0 bridgehead atoms. The lowest BCUT2D eigenvalue weighted by molar-refractivity contribution is 0.0876. The molecule has 4 rings (SSSR count). The third-order valence-corrected chi connectivity index (χ3v) is 5.11. The van der Waals surface area contributed by atoms with E-state index in [-0.39, 0.29) is 30.1 Å². The van der Waals surface area contributed by atoms with E-state index in [0.717, 1.165) is 38.2 Å². The number of carbonyl (C=O) groups excluding carboxylic acids is 1. The average molecular weight is 409 g/mol. The summed E-state index contributed by atoms with van der Waals surface area (Å²) in [5, 5.41) is 3.06. The van der Waals surface area contributed by atoms with E-state index in [4.69, 9.17) is 9.15 Å². The van der Waals surface area contributed by atoms with Crippen molar-refractivity contribution in [2.24, 2.45) is 0 Å². The highest BCUT2D eigenvalue weighted by molar-refractivity contribution is 5.91. The van der Waals surface area contributed by atoms with E-state index in [0.29, 0.717) is 11.5 Å². The van der Waals surface area contributed by atoms with Crippen molar-refractivity contribution in [3.05, 3.63) is 83.8 Å². The normalized spacial score (nSPS) is 15.1. The van der Waals surface area contributed by atoms with Crippen molar-refractivity contribution in [1.82, 2.24) is 15.2 Å². The van der Waals surface area contributed by atoms with Crippen LogP contribution in [-0.2, 0) is 13.2 Å². The van der Waals surface area contributed by atoms with Gasteiger partial charge in [-0.3, -0.25) is 14.7 Å². The molecule has 1 N–H and O–H groups in total. The van der Waals surface area contributed by atoms with E-state index in [1.165, 1.54) is 12.1 Å². The number of amides is 1. The lowest BCUT2D eigenvalue weighted by Crippen LogP contribution is -2.44. The Kier molecular flexibility index (Phi) is 6.39. The van der Waals surface area contributed by atoms with Crippen molar-refractivity contribution in [1.29, 1.82) is 0 Å². The highest BCUT2D eigenvalue weighted by atomic mass is 19.1. The first-order valence-electron chi connectivity index (χ1n) is 10.1. The molecule has 1 aromatic carbocycles. The van der Waals surface area contributed by atoms with Crippen LogP contribution in [0.2, 0.25) is 0 Å². The van der Waals surface area contributed by atoms with Gasteiger partial charge in [0, 0.05) is 31.9 Å². The van der Waals surface area contributed by atoms with Crippen molar-refractivity contribution >= 4 is 5.91 Å². The maximum absolute atomic E-state index is 12.9. The molecule has 1 saturated heterocycles. The summed E-state index contributed by atoms with van der Waals surface area (Å²) in [6, 6.07) is 15.2. The Hall–Kier alpha value is -3.19. The van der Waals surface area contributed by atoms with Gasteiger partial charge < -0.3 is 14.5 Å². The second kappa shape index (κ2) is 9.54. The summed E-state index contributed by atoms with van der Waals surface area (Å²) in [7, 11) is 0. The molecule has 30 heavy (non-hydrogen) atoms. The van der Waals surface area contributed by atoms with Gasteiger partial charge in [-0.2, -0.15) is 0 Å². The van der Waals surface area contributed by atoms with Crippen LogP contribution >= 0.6 is 0 Å². The molecule has 1 aliphatic heterocycles. The van der Waals surface area contributed by atoms with Gasteiger partial charge in [0.1, 0.15) is 23.9 Å². The molecule has 6 nitrogen and oxygen atoms in total. The van der Waals surface area contributed by atoms with Crippen molar-refractivity contribution in [2.45, 2.75) is 32.0 Å². The minimum absolute atomic E-state index is 0.126. The fraction of sp³-hybridized carbons (Fsp3) is 0.304. The fourth-order valence-electron chi connectivity index (χ4n) is 3.48. The number of aromatic nitrogens is 1. The quantitative estimate of drug-likeness (QED) is 0.643. The van der Waals surface area contributed by atoms with Crippen molar-refractivity contribution in [3.63, 3.8) is 0 Å². The van der Waals surface area contributed by atoms with Gasteiger partial charge >= 0.3 is 0 Å². The second-order valence-corrected chi connectivity index (χ2v) is 7.35. The molecule has 0 aliphatic carbocycles. The standard InChI is InChI=1S/C23H24FN3O3/c24-17-4-6-20(7-5-17)29-16-21-8-9-22(30-21)23(28)26-18-10-13-27(14-11-18)15-19-3-1-2-12-25-19/h1-9,12,18H,10-11,13-16H2,(H,26,28). The summed E-state index contributed by atoms with van der Waals surface area (Å²) in [6.45, 7) is 2.83. The van der Waals surface area contributed by atoms with Crippen LogP contribution in [0.15, 0.2) is 65.2 Å². The second-order valence-electron chi connectivity index (χ2n) is 7.35. The molecule has 1 amide bonds. The number of ether oxygens (including phenoxy) is 1. The number of carbonyl (C=O) groups is 1. The van der Waals surface area contributed by atoms with E-state index in [2.05, 4.69) is 15.2 Å². The molecule has 7 heteroatoms. The Morgan fingerprint density at radius 1 is 1.13 bits per heavy atom. The summed E-state index contributed by atoms with van der Waals surface area (Å²) in [4.78, 5) is 19.2. The van der Waals surface area contributed by atoms with Crippen molar-refractivity contribution in [2.75, 3.05) is 13.1 Å². The van der Waals surface area contributed by atoms with Gasteiger partial charge in [-0.25, -0.2) is 4.39 Å². The molecule has 0 saturated carbocycles. The first-order valence-corrected chi connectivity index (χ1v) is 10.1. The van der Waals surface area contributed by atoms with Crippen LogP contribution in [0, 0.1) is 5.82 Å². The van der Waals surface area contributed by atoms with Gasteiger partial charge in [-0.1, -0.05) is 6.07 Å². The van der Waals surface area contributed by atoms with Crippen LogP contribution in [0.1, 0.15) is 34.9 Å². The summed E-state index contributed by atoms with van der Waals surface area (Å²) < 4.78 is 24.1. The zero-order chi connectivity index (χ0) is 20.8. The molecule has 0 atom stereocenters. The summed E-state index contributed by atoms with van der Waals surface area (Å²) in [5.74, 6) is 0.808. The molecule has 2 aromatic heterocycles. The van der Waals surface area contributed by atoms with E-state index < -0.39 is 0 Å². The first kappa shape index (κ1) is 20.1. The monoisotopic (exact) mass is 409 g/mol. The fourth-order valence-corrected chi connectivity index (χ4v) is 3.48. The maximum atomic E-state index is 12.9. The SMILES string of the molecule is O=C(NC1CCN(Cc2ccccn2)CC1)c1ccc(COc2ccc(F)cc2)o1. The lowest BCUT2D eigenvalue weighted by Gasteiger charge is -2.31. The average Bonchev–Trinajstić information content (AvgIpc) is 3.25. The Morgan fingerprint density at radius 2 is 1.93 bits per heavy atom. The van der Waals surface area contributed by atoms with Crippen molar-refractivity contribution < 1.29 is 18.3 Å². The molecule has 3 aromatic rings. The number of halogens is 1. The molecule has 3 heterocycles. The Morgan fingerprint density at radius 3 is 2.67 bits per heavy atom. The first-order chi connectivity index (χ1) is 14.7. The number of nitrogens with one attached hydrogen (secondary N) is 1. The van der Waals surface area contributed by atoms with E-state index >= 15 is 0 Å². The maximum Gasteiger partial charge on any atom is 0.287 e. The van der Waals surface area contributed by atoms with E-state index in [1.807, 2.05) is 24.4 Å². The van der Waals surface area contributed by atoms with Crippen LogP contribution in [-0.4, -0.2) is 34.9 Å². The van der Waals surface area contributed by atoms with Gasteiger partial charge in [-0.15, -0.1) is 0 Å². The van der Waals surface area contributed by atoms with E-state index in [1.54, 1.807) is 24.3 Å². The summed E-state index contributed by atoms with van der Waals surface area (Å²) in [5.41, 5.74) is 1.06. The molecule has 0 unspecified atom stereocenters. The Bertz CT molecular complexity index is 951. The molecular weight excluding hydrogens is 385 g/mol. The van der Waals surface area contributed by atoms with Crippen molar-refractivity contribution in [3.8, 4) is 5.75 Å². The molecule has 1 fully saturated rings. The predicted octanol–water partition coefficient (Wildman–Crippen LogP) is 3.79. The van der Waals surface area contributed by atoms with Gasteiger partial charge in [0.15, 0.2) is 5.76 Å². The highest BCUT2D eigenvalue weighted by Gasteiger charge is 2.22. The van der Waals surface area contributed by atoms with Crippen LogP contribution in [0.25, 0.3) is 0 Å². The molecule has 0 spiro atoms. The number of hydrogen-bond acceptors (Lipinski definition) is 5. The minimum Gasteiger partial charge on any atom is -0.486 e. The third kappa shape index (κ3) is 5.45. The molecule has 0 radical (unpaired) electrons. The van der Waals surface area contributed by atoms with E-state index in [9.17, 15) is 9.18 Å². The summed E-state index contributed by atoms with van der Waals surface area (Å²) >= 11 is 0. The summed E-state index contributed by atoms with van der Waals surface area (Å²) in [6.07, 6.45) is 3.59. The van der Waals surface area contributed by atoms with Gasteiger partial charge in [0.05, 0.1) is 5.69 Å². The Labute approximate surface area is 174 Å². The number of benzene rings is 1. The van der Waals surface area contributed by atoms with Gasteiger partial charge in [0.2, 0.25) is 0 Å². The van der Waals surface area contributed by atoms with Crippen LogP contribution in [0.5, 0.6) is 5.75 Å². The zero-order valence-electron chi connectivity index (χ0n) is 16.6. The molecule has 1 aliphatic rings. The van der Waals surface area contributed by atoms with Crippen LogP contribution in [0.3, 0.4) is 0 Å². The molecular formula is C23H24FN3O3. The van der Waals surface area contributed by atoms with Crippen LogP contribution < -0.4 is 10.1 Å². The lowest BCUT2D eigenvalue weighted by atomic mass is 10.0. The number of pyridine rings is 1.